The monoisotopic (exact) mass is 527 g/mol. The van der Waals surface area contributed by atoms with Gasteiger partial charge in [-0.05, 0) is 59.9 Å². The summed E-state index contributed by atoms with van der Waals surface area (Å²) in [4.78, 5) is 33.8. The van der Waals surface area contributed by atoms with Gasteiger partial charge in [-0.25, -0.2) is 14.8 Å². The number of amides is 3. The Morgan fingerprint density at radius 2 is 1.62 bits per heavy atom. The Hall–Kier alpha value is -4.86. The predicted octanol–water partition coefficient (Wildman–Crippen LogP) is 5.04. The highest BCUT2D eigenvalue weighted by molar-refractivity contribution is 5.99. The molecule has 3 amide bonds. The number of fused-ring (bicyclic) bond motifs is 4. The van der Waals surface area contributed by atoms with Crippen LogP contribution in [-0.4, -0.2) is 43.2 Å². The van der Waals surface area contributed by atoms with Crippen LogP contribution in [-0.2, 0) is 11.2 Å². The second-order valence-corrected chi connectivity index (χ2v) is 9.08. The minimum atomic E-state index is -0.449. The van der Waals surface area contributed by atoms with E-state index in [9.17, 15) is 9.59 Å². The highest BCUT2D eigenvalue weighted by atomic mass is 16.5. The van der Waals surface area contributed by atoms with Gasteiger partial charge in [0.2, 0.25) is 17.6 Å². The minimum absolute atomic E-state index is 0.143. The van der Waals surface area contributed by atoms with E-state index in [2.05, 4.69) is 25.9 Å². The highest BCUT2D eigenvalue weighted by Crippen LogP contribution is 2.50. The number of para-hydroxylation sites is 1. The van der Waals surface area contributed by atoms with E-state index in [4.69, 9.17) is 14.2 Å². The largest absolute Gasteiger partial charge is 0.493 e. The summed E-state index contributed by atoms with van der Waals surface area (Å²) in [7, 11) is 4.75. The normalized spacial score (nSPS) is 13.9. The van der Waals surface area contributed by atoms with Crippen molar-refractivity contribution in [1.82, 2.24) is 15.3 Å². The number of rotatable bonds is 6. The summed E-state index contributed by atoms with van der Waals surface area (Å²) in [6.45, 7) is 1.50. The first kappa shape index (κ1) is 25.8. The first-order chi connectivity index (χ1) is 18.9. The number of ether oxygens (including phenoxy) is 3. The SMILES string of the molecule is COc1cc2c(c(OC)c1OC)-c1ccc3nc(NC(=O)Nc4ccccc4)nc-3cc1[C@@H](NC(C)=O)CC2. The van der Waals surface area contributed by atoms with Crippen molar-refractivity contribution in [2.75, 3.05) is 32.0 Å². The van der Waals surface area contributed by atoms with Crippen LogP contribution >= 0.6 is 0 Å². The van der Waals surface area contributed by atoms with Gasteiger partial charge in [0.25, 0.3) is 0 Å². The van der Waals surface area contributed by atoms with E-state index in [0.717, 1.165) is 22.3 Å². The van der Waals surface area contributed by atoms with Crippen LogP contribution in [0.1, 0.15) is 30.5 Å². The van der Waals surface area contributed by atoms with Crippen molar-refractivity contribution >= 4 is 23.6 Å². The van der Waals surface area contributed by atoms with Gasteiger partial charge in [0.1, 0.15) is 0 Å². The standard InChI is InChI=1S/C29H29N5O5/c1-16(35)30-21-12-10-17-14-24(37-2)26(38-3)27(39-4)25(17)19-11-13-22-23(15-20(19)21)33-28(32-22)34-29(36)31-18-8-6-5-7-9-18/h5-9,11,13-15,21H,10,12H2,1-4H3,(H,30,35)(H2,31,32,33,34,36)/t21-/m0/s1. The van der Waals surface area contributed by atoms with Crippen LogP contribution in [0.15, 0.2) is 54.6 Å². The molecule has 1 aliphatic heterocycles. The predicted molar refractivity (Wildman–Crippen MR) is 148 cm³/mol. The third-order valence-electron chi connectivity index (χ3n) is 6.62. The first-order valence-corrected chi connectivity index (χ1v) is 12.5. The maximum Gasteiger partial charge on any atom is 0.326 e. The van der Waals surface area contributed by atoms with Gasteiger partial charge in [-0.15, -0.1) is 0 Å². The molecule has 1 heterocycles. The summed E-state index contributed by atoms with van der Waals surface area (Å²) in [5.74, 6) is 1.63. The molecule has 2 aliphatic carbocycles. The molecular weight excluding hydrogens is 498 g/mol. The molecule has 0 spiro atoms. The Morgan fingerprint density at radius 3 is 2.31 bits per heavy atom. The molecule has 0 radical (unpaired) electrons. The maximum atomic E-state index is 12.5. The van der Waals surface area contributed by atoms with Gasteiger partial charge in [-0.2, -0.15) is 0 Å². The number of nitrogens with one attached hydrogen (secondary N) is 3. The molecule has 2 aromatic carbocycles. The lowest BCUT2D eigenvalue weighted by molar-refractivity contribution is -0.119. The average Bonchev–Trinajstić information content (AvgIpc) is 3.13. The molecule has 200 valence electrons. The molecule has 2 aromatic rings. The maximum absolute atomic E-state index is 12.5. The number of nitrogens with zero attached hydrogens (tertiary/aromatic N) is 2. The molecule has 39 heavy (non-hydrogen) atoms. The molecule has 10 nitrogen and oxygen atoms in total. The quantitative estimate of drug-likeness (QED) is 0.321. The van der Waals surface area contributed by atoms with Crippen molar-refractivity contribution in [2.45, 2.75) is 25.8 Å². The second-order valence-electron chi connectivity index (χ2n) is 9.08. The fourth-order valence-electron chi connectivity index (χ4n) is 4.99. The molecule has 3 N–H and O–H groups in total. The number of aromatic nitrogens is 2. The van der Waals surface area contributed by atoms with Gasteiger partial charge in [-0.3, -0.25) is 10.1 Å². The number of hydrogen-bond donors (Lipinski definition) is 3. The van der Waals surface area contributed by atoms with Gasteiger partial charge >= 0.3 is 6.03 Å². The Morgan fingerprint density at radius 1 is 0.872 bits per heavy atom. The molecule has 1 atom stereocenters. The Balaban J connectivity index is 1.61. The van der Waals surface area contributed by atoms with Gasteiger partial charge in [0.15, 0.2) is 11.5 Å². The lowest BCUT2D eigenvalue weighted by Gasteiger charge is -2.19. The topological polar surface area (TPSA) is 124 Å². The molecule has 0 bridgehead atoms. The number of benzene rings is 2. The number of carbonyl (C=O) groups excluding carboxylic acids is 2. The summed E-state index contributed by atoms with van der Waals surface area (Å²) in [5, 5.41) is 8.54. The number of anilines is 2. The number of imidazole rings is 1. The van der Waals surface area contributed by atoms with E-state index in [1.54, 1.807) is 33.5 Å². The van der Waals surface area contributed by atoms with Crippen LogP contribution in [0.4, 0.5) is 16.4 Å². The van der Waals surface area contributed by atoms with Crippen molar-refractivity contribution in [2.24, 2.45) is 0 Å². The zero-order valence-corrected chi connectivity index (χ0v) is 22.1. The number of methoxy groups -OCH3 is 3. The Bertz CT molecular complexity index is 1510. The summed E-state index contributed by atoms with van der Waals surface area (Å²) in [5.41, 5.74) is 5.38. The van der Waals surface area contributed by atoms with Crippen molar-refractivity contribution in [3.8, 4) is 39.8 Å². The Kier molecular flexibility index (Phi) is 7.18. The van der Waals surface area contributed by atoms with Gasteiger partial charge in [-0.1, -0.05) is 24.3 Å². The van der Waals surface area contributed by atoms with Crippen LogP contribution in [0.2, 0.25) is 0 Å². The van der Waals surface area contributed by atoms with E-state index in [1.807, 2.05) is 42.5 Å². The molecule has 10 heteroatoms. The highest BCUT2D eigenvalue weighted by Gasteiger charge is 2.30. The number of urea groups is 1. The van der Waals surface area contributed by atoms with Crippen LogP contribution in [0, 0.1) is 0 Å². The van der Waals surface area contributed by atoms with Crippen LogP contribution in [0.3, 0.4) is 0 Å². The molecule has 0 fully saturated rings. The summed E-state index contributed by atoms with van der Waals surface area (Å²) >= 11 is 0. The fraction of sp³-hybridized carbons (Fsp3) is 0.241. The van der Waals surface area contributed by atoms with Crippen molar-refractivity contribution in [3.05, 3.63) is 65.7 Å². The van der Waals surface area contributed by atoms with E-state index in [0.29, 0.717) is 47.2 Å². The average molecular weight is 528 g/mol. The molecule has 5 rings (SSSR count). The number of aryl methyl sites for hydroxylation is 1. The number of carbonyl (C=O) groups is 2. The lowest BCUT2D eigenvalue weighted by Crippen LogP contribution is -2.26. The third kappa shape index (κ3) is 5.13. The van der Waals surface area contributed by atoms with Crippen molar-refractivity contribution < 1.29 is 23.8 Å². The zero-order chi connectivity index (χ0) is 27.5. The summed E-state index contributed by atoms with van der Waals surface area (Å²) in [6.07, 6.45) is 1.31. The molecular formula is C29H29N5O5. The third-order valence-corrected chi connectivity index (χ3v) is 6.62. The van der Waals surface area contributed by atoms with Crippen LogP contribution < -0.4 is 30.2 Å². The molecule has 0 aromatic heterocycles. The first-order valence-electron chi connectivity index (χ1n) is 12.5. The molecule has 0 unspecified atom stereocenters. The van der Waals surface area contributed by atoms with E-state index >= 15 is 0 Å². The van der Waals surface area contributed by atoms with Crippen LogP contribution in [0.5, 0.6) is 17.2 Å². The summed E-state index contributed by atoms with van der Waals surface area (Å²) in [6, 6.07) is 16.0. The van der Waals surface area contributed by atoms with Gasteiger partial charge in [0, 0.05) is 18.2 Å². The molecule has 0 saturated carbocycles. The van der Waals surface area contributed by atoms with Crippen molar-refractivity contribution in [1.29, 1.82) is 0 Å². The second kappa shape index (κ2) is 10.9. The zero-order valence-electron chi connectivity index (χ0n) is 22.1. The Labute approximate surface area is 226 Å². The molecule has 3 aliphatic rings. The van der Waals surface area contributed by atoms with Gasteiger partial charge in [0.05, 0.1) is 38.8 Å². The van der Waals surface area contributed by atoms with E-state index in [-0.39, 0.29) is 17.9 Å². The van der Waals surface area contributed by atoms with Crippen molar-refractivity contribution in [3.63, 3.8) is 0 Å². The lowest BCUT2D eigenvalue weighted by atomic mass is 9.95. The fourth-order valence-corrected chi connectivity index (χ4v) is 4.99. The number of hydrogen-bond acceptors (Lipinski definition) is 7. The minimum Gasteiger partial charge on any atom is -0.493 e. The summed E-state index contributed by atoms with van der Waals surface area (Å²) < 4.78 is 17.1. The van der Waals surface area contributed by atoms with Crippen LogP contribution in [0.25, 0.3) is 22.5 Å². The molecule has 0 saturated heterocycles. The van der Waals surface area contributed by atoms with Gasteiger partial charge < -0.3 is 24.8 Å². The smallest absolute Gasteiger partial charge is 0.326 e. The van der Waals surface area contributed by atoms with E-state index in [1.165, 1.54) is 6.92 Å². The van der Waals surface area contributed by atoms with E-state index < -0.39 is 6.03 Å².